The summed E-state index contributed by atoms with van der Waals surface area (Å²) < 4.78 is 28.7. The largest absolute Gasteiger partial charge is 0.368 e. The number of hydrogen-bond acceptors (Lipinski definition) is 5. The molecule has 1 saturated heterocycles. The number of rotatable bonds is 7. The summed E-state index contributed by atoms with van der Waals surface area (Å²) in [4.78, 5) is 17.6. The van der Waals surface area contributed by atoms with Crippen molar-refractivity contribution in [2.45, 2.75) is 18.4 Å². The topological polar surface area (TPSA) is 81.8 Å². The van der Waals surface area contributed by atoms with Gasteiger partial charge >= 0.3 is 0 Å². The summed E-state index contributed by atoms with van der Waals surface area (Å²) in [5.74, 6) is -0.158. The van der Waals surface area contributed by atoms with E-state index in [0.29, 0.717) is 23.4 Å². The van der Waals surface area contributed by atoms with Gasteiger partial charge in [0.1, 0.15) is 0 Å². The first kappa shape index (κ1) is 23.8. The second-order valence-electron chi connectivity index (χ2n) is 8.49. The number of benzene rings is 3. The fraction of sp³-hybridized carbons (Fsp3) is 0.269. The van der Waals surface area contributed by atoms with Gasteiger partial charge < -0.3 is 15.1 Å². The Kier molecular flexibility index (Phi) is 7.19. The highest BCUT2D eigenvalue weighted by molar-refractivity contribution is 7.92. The van der Waals surface area contributed by atoms with Crippen molar-refractivity contribution >= 4 is 27.3 Å². The van der Waals surface area contributed by atoms with Crippen molar-refractivity contribution in [2.24, 2.45) is 0 Å². The van der Waals surface area contributed by atoms with Crippen LogP contribution in [0.2, 0.25) is 0 Å². The maximum Gasteiger partial charge on any atom is 0.262 e. The van der Waals surface area contributed by atoms with E-state index in [9.17, 15) is 13.2 Å². The number of carbonyl (C=O) groups excluding carboxylic acids is 1. The van der Waals surface area contributed by atoms with Gasteiger partial charge in [-0.2, -0.15) is 0 Å². The molecule has 178 valence electrons. The molecule has 0 radical (unpaired) electrons. The van der Waals surface area contributed by atoms with E-state index in [1.165, 1.54) is 0 Å². The first-order chi connectivity index (χ1) is 16.3. The molecule has 4 rings (SSSR count). The number of piperazine rings is 1. The molecule has 1 aliphatic rings. The number of carbonyl (C=O) groups is 1. The average Bonchev–Trinajstić information content (AvgIpc) is 2.84. The van der Waals surface area contributed by atoms with Crippen molar-refractivity contribution in [1.29, 1.82) is 0 Å². The standard InChI is InChI=1S/C26H30N4O3S/c1-20-8-6-7-11-25(20)34(32,33)28-22-12-13-24(30-16-14-27-15-17-30)23(18-22)26(31)29(2)19-21-9-4-3-5-10-21/h3-13,18,27-28H,14-17,19H2,1-2H3. The molecule has 0 atom stereocenters. The van der Waals surface area contributed by atoms with Crippen LogP contribution in [0.3, 0.4) is 0 Å². The van der Waals surface area contributed by atoms with Crippen LogP contribution in [-0.2, 0) is 16.6 Å². The minimum Gasteiger partial charge on any atom is -0.368 e. The number of anilines is 2. The van der Waals surface area contributed by atoms with E-state index < -0.39 is 10.0 Å². The van der Waals surface area contributed by atoms with Crippen molar-refractivity contribution in [3.63, 3.8) is 0 Å². The van der Waals surface area contributed by atoms with Gasteiger partial charge in [0.15, 0.2) is 0 Å². The molecule has 1 heterocycles. The van der Waals surface area contributed by atoms with Crippen LogP contribution in [0, 0.1) is 6.92 Å². The van der Waals surface area contributed by atoms with Crippen LogP contribution in [0.5, 0.6) is 0 Å². The normalized spacial score (nSPS) is 14.0. The van der Waals surface area contributed by atoms with E-state index in [0.717, 1.165) is 37.4 Å². The molecule has 0 spiro atoms. The number of nitrogens with one attached hydrogen (secondary N) is 2. The van der Waals surface area contributed by atoms with Gasteiger partial charge in [0, 0.05) is 51.1 Å². The maximum absolute atomic E-state index is 13.6. The molecule has 0 bridgehead atoms. The number of aryl methyl sites for hydroxylation is 1. The quantitative estimate of drug-likeness (QED) is 0.543. The smallest absolute Gasteiger partial charge is 0.262 e. The monoisotopic (exact) mass is 478 g/mol. The molecule has 1 fully saturated rings. The molecule has 3 aromatic carbocycles. The first-order valence-electron chi connectivity index (χ1n) is 11.3. The van der Waals surface area contributed by atoms with E-state index in [2.05, 4.69) is 14.9 Å². The zero-order valence-electron chi connectivity index (χ0n) is 19.5. The number of amides is 1. The average molecular weight is 479 g/mol. The zero-order valence-corrected chi connectivity index (χ0v) is 20.3. The van der Waals surface area contributed by atoms with Crippen LogP contribution >= 0.6 is 0 Å². The first-order valence-corrected chi connectivity index (χ1v) is 12.8. The van der Waals surface area contributed by atoms with Crippen molar-refractivity contribution < 1.29 is 13.2 Å². The summed E-state index contributed by atoms with van der Waals surface area (Å²) >= 11 is 0. The summed E-state index contributed by atoms with van der Waals surface area (Å²) in [6.07, 6.45) is 0. The van der Waals surface area contributed by atoms with Gasteiger partial charge in [-0.25, -0.2) is 8.42 Å². The van der Waals surface area contributed by atoms with Crippen LogP contribution in [0.15, 0.2) is 77.7 Å². The maximum atomic E-state index is 13.6. The molecule has 7 nitrogen and oxygen atoms in total. The molecular formula is C26H30N4O3S. The van der Waals surface area contributed by atoms with Gasteiger partial charge in [0.2, 0.25) is 0 Å². The van der Waals surface area contributed by atoms with Crippen molar-refractivity contribution in [3.8, 4) is 0 Å². The summed E-state index contributed by atoms with van der Waals surface area (Å²) in [7, 11) is -2.03. The highest BCUT2D eigenvalue weighted by Crippen LogP contribution is 2.28. The number of hydrogen-bond donors (Lipinski definition) is 2. The molecule has 0 saturated carbocycles. The van der Waals surface area contributed by atoms with E-state index in [-0.39, 0.29) is 10.8 Å². The van der Waals surface area contributed by atoms with Crippen LogP contribution < -0.4 is 14.9 Å². The van der Waals surface area contributed by atoms with Gasteiger partial charge in [0.25, 0.3) is 15.9 Å². The molecular weight excluding hydrogens is 448 g/mol. The molecule has 8 heteroatoms. The van der Waals surface area contributed by atoms with Crippen LogP contribution in [0.4, 0.5) is 11.4 Å². The predicted octanol–water partition coefficient (Wildman–Crippen LogP) is 3.48. The van der Waals surface area contributed by atoms with Gasteiger partial charge in [-0.1, -0.05) is 48.5 Å². The molecule has 0 aromatic heterocycles. The lowest BCUT2D eigenvalue weighted by Crippen LogP contribution is -2.44. The summed E-state index contributed by atoms with van der Waals surface area (Å²) in [5, 5.41) is 3.33. The fourth-order valence-corrected chi connectivity index (χ4v) is 5.45. The molecule has 1 aliphatic heterocycles. The highest BCUT2D eigenvalue weighted by atomic mass is 32.2. The Balaban J connectivity index is 1.66. The molecule has 1 amide bonds. The Morgan fingerprint density at radius 2 is 1.68 bits per heavy atom. The Bertz CT molecular complexity index is 1260. The predicted molar refractivity (Wildman–Crippen MR) is 136 cm³/mol. The highest BCUT2D eigenvalue weighted by Gasteiger charge is 2.23. The van der Waals surface area contributed by atoms with Gasteiger partial charge in [0.05, 0.1) is 10.5 Å². The van der Waals surface area contributed by atoms with Crippen LogP contribution in [0.25, 0.3) is 0 Å². The summed E-state index contributed by atoms with van der Waals surface area (Å²) in [5.41, 5.74) is 3.33. The number of sulfonamides is 1. The zero-order chi connectivity index (χ0) is 24.1. The fourth-order valence-electron chi connectivity index (χ4n) is 4.16. The van der Waals surface area contributed by atoms with Gasteiger partial charge in [-0.3, -0.25) is 9.52 Å². The van der Waals surface area contributed by atoms with E-state index in [1.54, 1.807) is 55.3 Å². The van der Waals surface area contributed by atoms with Crippen molar-refractivity contribution in [3.05, 3.63) is 89.5 Å². The lowest BCUT2D eigenvalue weighted by molar-refractivity contribution is 0.0785. The minimum absolute atomic E-state index is 0.158. The molecule has 2 N–H and O–H groups in total. The molecule has 0 unspecified atom stereocenters. The second-order valence-corrected chi connectivity index (χ2v) is 10.1. The minimum atomic E-state index is -3.79. The Labute approximate surface area is 201 Å². The van der Waals surface area contributed by atoms with E-state index >= 15 is 0 Å². The second kappa shape index (κ2) is 10.3. The summed E-state index contributed by atoms with van der Waals surface area (Å²) in [6, 6.07) is 21.8. The molecule has 3 aromatic rings. The van der Waals surface area contributed by atoms with Crippen molar-refractivity contribution in [1.82, 2.24) is 10.2 Å². The van der Waals surface area contributed by atoms with Crippen LogP contribution in [0.1, 0.15) is 21.5 Å². The lowest BCUT2D eigenvalue weighted by atomic mass is 10.1. The van der Waals surface area contributed by atoms with E-state index in [1.807, 2.05) is 36.4 Å². The third-order valence-corrected chi connectivity index (χ3v) is 7.47. The van der Waals surface area contributed by atoms with Gasteiger partial charge in [-0.15, -0.1) is 0 Å². The Morgan fingerprint density at radius 1 is 1.00 bits per heavy atom. The third-order valence-electron chi connectivity index (χ3n) is 5.93. The molecule has 34 heavy (non-hydrogen) atoms. The Hall–Kier alpha value is -3.36. The van der Waals surface area contributed by atoms with E-state index in [4.69, 9.17) is 0 Å². The van der Waals surface area contributed by atoms with Gasteiger partial charge in [-0.05, 0) is 42.3 Å². The third kappa shape index (κ3) is 5.40. The Morgan fingerprint density at radius 3 is 2.38 bits per heavy atom. The lowest BCUT2D eigenvalue weighted by Gasteiger charge is -2.32. The number of nitrogens with zero attached hydrogens (tertiary/aromatic N) is 2. The SMILES string of the molecule is Cc1ccccc1S(=O)(=O)Nc1ccc(N2CCNCC2)c(C(=O)N(C)Cc2ccccc2)c1. The summed E-state index contributed by atoms with van der Waals surface area (Å²) in [6.45, 7) is 5.42. The van der Waals surface area contributed by atoms with Crippen LogP contribution in [-0.4, -0.2) is 52.5 Å². The molecule has 0 aliphatic carbocycles. The van der Waals surface area contributed by atoms with Crippen molar-refractivity contribution in [2.75, 3.05) is 42.8 Å².